The van der Waals surface area contributed by atoms with Gasteiger partial charge in [-0.2, -0.15) is 0 Å². The van der Waals surface area contributed by atoms with Crippen LogP contribution in [0.4, 0.5) is 0 Å². The summed E-state index contributed by atoms with van der Waals surface area (Å²) < 4.78 is 5.40. The lowest BCUT2D eigenvalue weighted by molar-refractivity contribution is -0.138. The fourth-order valence-electron chi connectivity index (χ4n) is 1.77. The molecule has 1 aromatic carbocycles. The lowest BCUT2D eigenvalue weighted by Gasteiger charge is -2.12. The Morgan fingerprint density at radius 1 is 1.47 bits per heavy atom. The number of fused-ring (bicyclic) bond motifs is 1. The molecule has 0 spiro atoms. The topological polar surface area (TPSA) is 53.7 Å². The second-order valence-corrected chi connectivity index (χ2v) is 4.26. The predicted octanol–water partition coefficient (Wildman–Crippen LogP) is 2.60. The van der Waals surface area contributed by atoms with Crippen molar-refractivity contribution in [1.29, 1.82) is 0 Å². The van der Waals surface area contributed by atoms with E-state index < -0.39 is 5.97 Å². The number of nitrogens with zero attached hydrogens (tertiary/aromatic N) is 1. The van der Waals surface area contributed by atoms with Crippen LogP contribution in [0.5, 0.6) is 0 Å². The SMILES string of the molecule is CN(CC(=O)O)Cc1c(Cl)oc2ccccc12. The van der Waals surface area contributed by atoms with Gasteiger partial charge in [0, 0.05) is 17.5 Å². The van der Waals surface area contributed by atoms with Crippen LogP contribution in [0.1, 0.15) is 5.56 Å². The second kappa shape index (κ2) is 4.77. The van der Waals surface area contributed by atoms with Crippen LogP contribution in [0.25, 0.3) is 11.0 Å². The lowest BCUT2D eigenvalue weighted by atomic mass is 10.1. The maximum absolute atomic E-state index is 10.6. The largest absolute Gasteiger partial charge is 0.480 e. The number of carboxylic acids is 1. The van der Waals surface area contributed by atoms with Gasteiger partial charge in [-0.25, -0.2) is 0 Å². The molecule has 0 saturated heterocycles. The third-order valence-electron chi connectivity index (χ3n) is 2.48. The number of carboxylic acid groups (broad SMARTS) is 1. The van der Waals surface area contributed by atoms with Crippen molar-refractivity contribution in [1.82, 2.24) is 4.90 Å². The normalized spacial score (nSPS) is 11.2. The Balaban J connectivity index is 2.29. The number of halogens is 1. The van der Waals surface area contributed by atoms with Crippen LogP contribution in [0.2, 0.25) is 5.22 Å². The molecule has 0 atom stereocenters. The Kier molecular flexibility index (Phi) is 3.36. The van der Waals surface area contributed by atoms with Crippen LogP contribution < -0.4 is 0 Å². The van der Waals surface area contributed by atoms with E-state index in [-0.39, 0.29) is 6.54 Å². The summed E-state index contributed by atoms with van der Waals surface area (Å²) in [6.45, 7) is 0.415. The molecule has 0 saturated carbocycles. The number of benzene rings is 1. The van der Waals surface area contributed by atoms with Crippen LogP contribution in [0, 0.1) is 0 Å². The maximum Gasteiger partial charge on any atom is 0.317 e. The van der Waals surface area contributed by atoms with Crippen molar-refractivity contribution in [3.05, 3.63) is 35.0 Å². The molecule has 2 aromatic rings. The molecule has 0 aliphatic heterocycles. The Morgan fingerprint density at radius 3 is 2.88 bits per heavy atom. The van der Waals surface area contributed by atoms with Gasteiger partial charge in [0.15, 0.2) is 5.22 Å². The number of furan rings is 1. The summed E-state index contributed by atoms with van der Waals surface area (Å²) in [7, 11) is 1.73. The van der Waals surface area contributed by atoms with Crippen LogP contribution in [-0.2, 0) is 11.3 Å². The van der Waals surface area contributed by atoms with Crippen molar-refractivity contribution < 1.29 is 14.3 Å². The van der Waals surface area contributed by atoms with E-state index in [2.05, 4.69) is 0 Å². The molecule has 4 nitrogen and oxygen atoms in total. The first-order chi connectivity index (χ1) is 8.08. The lowest BCUT2D eigenvalue weighted by Crippen LogP contribution is -2.25. The van der Waals surface area contributed by atoms with Crippen LogP contribution in [0.15, 0.2) is 28.7 Å². The molecule has 0 unspecified atom stereocenters. The van der Waals surface area contributed by atoms with Gasteiger partial charge in [0.25, 0.3) is 0 Å². The van der Waals surface area contributed by atoms with Gasteiger partial charge in [0.1, 0.15) is 5.58 Å². The third kappa shape index (κ3) is 2.60. The van der Waals surface area contributed by atoms with Gasteiger partial charge in [0.2, 0.25) is 0 Å². The Morgan fingerprint density at radius 2 is 2.18 bits per heavy atom. The zero-order valence-corrected chi connectivity index (χ0v) is 10.1. The Bertz CT molecular complexity index is 550. The molecule has 0 amide bonds. The minimum atomic E-state index is -0.864. The van der Waals surface area contributed by atoms with Crippen molar-refractivity contribution in [2.45, 2.75) is 6.54 Å². The maximum atomic E-state index is 10.6. The highest BCUT2D eigenvalue weighted by Crippen LogP contribution is 2.30. The van der Waals surface area contributed by atoms with Crippen molar-refractivity contribution in [2.75, 3.05) is 13.6 Å². The van der Waals surface area contributed by atoms with Gasteiger partial charge >= 0.3 is 5.97 Å². The summed E-state index contributed by atoms with van der Waals surface area (Å²) in [6.07, 6.45) is 0. The number of rotatable bonds is 4. The summed E-state index contributed by atoms with van der Waals surface area (Å²) in [4.78, 5) is 12.3. The molecular formula is C12H12ClNO3. The molecule has 1 N–H and O–H groups in total. The molecule has 17 heavy (non-hydrogen) atoms. The second-order valence-electron chi connectivity index (χ2n) is 3.92. The first kappa shape index (κ1) is 12.0. The number of hydrogen-bond acceptors (Lipinski definition) is 3. The molecule has 0 bridgehead atoms. The fraction of sp³-hybridized carbons (Fsp3) is 0.250. The first-order valence-corrected chi connectivity index (χ1v) is 5.52. The molecule has 0 radical (unpaired) electrons. The molecule has 5 heteroatoms. The average Bonchev–Trinajstić information content (AvgIpc) is 2.55. The van der Waals surface area contributed by atoms with E-state index in [0.717, 1.165) is 16.5 Å². The van der Waals surface area contributed by atoms with Gasteiger partial charge in [-0.15, -0.1) is 0 Å². The molecule has 0 aliphatic carbocycles. The van der Waals surface area contributed by atoms with Gasteiger partial charge in [0.05, 0.1) is 6.54 Å². The highest BCUT2D eigenvalue weighted by Gasteiger charge is 2.14. The van der Waals surface area contributed by atoms with E-state index >= 15 is 0 Å². The van der Waals surface area contributed by atoms with Crippen LogP contribution in [-0.4, -0.2) is 29.6 Å². The monoisotopic (exact) mass is 253 g/mol. The molecule has 2 rings (SSSR count). The first-order valence-electron chi connectivity index (χ1n) is 5.14. The van der Waals surface area contributed by atoms with Crippen LogP contribution >= 0.6 is 11.6 Å². The minimum absolute atomic E-state index is 0.0319. The standard InChI is InChI=1S/C12H12ClNO3/c1-14(7-11(15)16)6-9-8-4-2-3-5-10(8)17-12(9)13/h2-5H,6-7H2,1H3,(H,15,16). The number of likely N-dealkylation sites (N-methyl/N-ethyl adjacent to an activating group) is 1. The van der Waals surface area contributed by atoms with Gasteiger partial charge in [-0.05, 0) is 24.7 Å². The summed E-state index contributed by atoms with van der Waals surface area (Å²) in [5, 5.41) is 9.95. The summed E-state index contributed by atoms with van der Waals surface area (Å²) in [5.41, 5.74) is 1.54. The predicted molar refractivity (Wildman–Crippen MR) is 65.2 cm³/mol. The van der Waals surface area contributed by atoms with E-state index in [1.165, 1.54) is 0 Å². The van der Waals surface area contributed by atoms with E-state index in [4.69, 9.17) is 21.1 Å². The highest BCUT2D eigenvalue weighted by molar-refractivity contribution is 6.30. The zero-order valence-electron chi connectivity index (χ0n) is 9.31. The highest BCUT2D eigenvalue weighted by atomic mass is 35.5. The number of carbonyl (C=O) groups is 1. The van der Waals surface area contributed by atoms with E-state index in [0.29, 0.717) is 11.8 Å². The Labute approximate surface area is 103 Å². The van der Waals surface area contributed by atoms with Crippen molar-refractivity contribution in [3.63, 3.8) is 0 Å². The van der Waals surface area contributed by atoms with Gasteiger partial charge < -0.3 is 9.52 Å². The molecule has 90 valence electrons. The quantitative estimate of drug-likeness (QED) is 0.910. The smallest absolute Gasteiger partial charge is 0.317 e. The van der Waals surface area contributed by atoms with E-state index in [9.17, 15) is 4.79 Å². The molecular weight excluding hydrogens is 242 g/mol. The molecule has 1 aromatic heterocycles. The fourth-order valence-corrected chi connectivity index (χ4v) is 2.02. The Hall–Kier alpha value is -1.52. The number of hydrogen-bond donors (Lipinski definition) is 1. The van der Waals surface area contributed by atoms with Crippen molar-refractivity contribution in [3.8, 4) is 0 Å². The molecule has 0 fully saturated rings. The van der Waals surface area contributed by atoms with Crippen molar-refractivity contribution >= 4 is 28.5 Å². The van der Waals surface area contributed by atoms with Gasteiger partial charge in [-0.3, -0.25) is 9.69 Å². The van der Waals surface area contributed by atoms with E-state index in [1.54, 1.807) is 11.9 Å². The minimum Gasteiger partial charge on any atom is -0.480 e. The number of para-hydroxylation sites is 1. The summed E-state index contributed by atoms with van der Waals surface area (Å²) in [5.74, 6) is -0.864. The van der Waals surface area contributed by atoms with E-state index in [1.807, 2.05) is 24.3 Å². The van der Waals surface area contributed by atoms with Crippen LogP contribution in [0.3, 0.4) is 0 Å². The summed E-state index contributed by atoms with van der Waals surface area (Å²) >= 11 is 6.01. The summed E-state index contributed by atoms with van der Waals surface area (Å²) in [6, 6.07) is 7.51. The zero-order chi connectivity index (χ0) is 12.4. The van der Waals surface area contributed by atoms with Crippen molar-refractivity contribution in [2.24, 2.45) is 0 Å². The van der Waals surface area contributed by atoms with Gasteiger partial charge in [-0.1, -0.05) is 18.2 Å². The third-order valence-corrected chi connectivity index (χ3v) is 2.79. The average molecular weight is 254 g/mol. The molecule has 0 aliphatic rings. The number of aliphatic carboxylic acids is 1. The molecule has 1 heterocycles.